The number of aldehydes is 1. The third-order valence-corrected chi connectivity index (χ3v) is 2.99. The number of halogens is 1. The maximum absolute atomic E-state index is 10.8. The Morgan fingerprint density at radius 1 is 1.60 bits per heavy atom. The molecular weight excluding hydrogens is 216 g/mol. The van der Waals surface area contributed by atoms with Crippen molar-refractivity contribution in [3.8, 4) is 0 Å². The second-order valence-electron chi connectivity index (χ2n) is 3.67. The van der Waals surface area contributed by atoms with E-state index in [1.54, 1.807) is 11.6 Å². The van der Waals surface area contributed by atoms with Crippen molar-refractivity contribution in [1.82, 2.24) is 9.78 Å². The summed E-state index contributed by atoms with van der Waals surface area (Å²) in [7, 11) is 0. The van der Waals surface area contributed by atoms with Gasteiger partial charge in [-0.05, 0) is 26.2 Å². The SMILES string of the molecule is Cc1nn(C2CCCCO2)c(Cl)c1C=O. The summed E-state index contributed by atoms with van der Waals surface area (Å²) in [5, 5.41) is 4.62. The van der Waals surface area contributed by atoms with Crippen molar-refractivity contribution in [2.75, 3.05) is 6.61 Å². The molecule has 1 aliphatic rings. The van der Waals surface area contributed by atoms with Crippen LogP contribution in [0.1, 0.15) is 41.5 Å². The molecule has 0 spiro atoms. The van der Waals surface area contributed by atoms with Gasteiger partial charge in [-0.15, -0.1) is 0 Å². The van der Waals surface area contributed by atoms with Gasteiger partial charge < -0.3 is 4.74 Å². The molecule has 5 heteroatoms. The van der Waals surface area contributed by atoms with Crippen LogP contribution in [0.4, 0.5) is 0 Å². The molecule has 1 saturated heterocycles. The van der Waals surface area contributed by atoms with E-state index in [-0.39, 0.29) is 6.23 Å². The maximum atomic E-state index is 10.8. The number of nitrogens with zero attached hydrogens (tertiary/aromatic N) is 2. The molecule has 1 aliphatic heterocycles. The number of hydrogen-bond donors (Lipinski definition) is 0. The Morgan fingerprint density at radius 3 is 2.93 bits per heavy atom. The lowest BCUT2D eigenvalue weighted by Gasteiger charge is -2.23. The third kappa shape index (κ3) is 1.92. The molecule has 1 atom stereocenters. The van der Waals surface area contributed by atoms with E-state index in [1.807, 2.05) is 0 Å². The van der Waals surface area contributed by atoms with Gasteiger partial charge in [-0.25, -0.2) is 4.68 Å². The maximum Gasteiger partial charge on any atom is 0.155 e. The molecule has 1 fully saturated rings. The predicted octanol–water partition coefficient (Wildman–Crippen LogP) is 2.36. The topological polar surface area (TPSA) is 44.1 Å². The van der Waals surface area contributed by atoms with Crippen LogP contribution in [-0.4, -0.2) is 22.7 Å². The zero-order valence-electron chi connectivity index (χ0n) is 8.57. The summed E-state index contributed by atoms with van der Waals surface area (Å²) in [5.41, 5.74) is 1.12. The average molecular weight is 229 g/mol. The van der Waals surface area contributed by atoms with Gasteiger partial charge >= 0.3 is 0 Å². The van der Waals surface area contributed by atoms with Crippen LogP contribution in [0.15, 0.2) is 0 Å². The van der Waals surface area contributed by atoms with Crippen LogP contribution in [0.2, 0.25) is 5.15 Å². The lowest BCUT2D eigenvalue weighted by molar-refractivity contribution is -0.0394. The van der Waals surface area contributed by atoms with Gasteiger partial charge in [0.05, 0.1) is 11.3 Å². The molecule has 0 aliphatic carbocycles. The molecule has 0 bridgehead atoms. The number of carbonyl (C=O) groups excluding carboxylic acids is 1. The highest BCUT2D eigenvalue weighted by molar-refractivity contribution is 6.32. The quantitative estimate of drug-likeness (QED) is 0.730. The number of aromatic nitrogens is 2. The number of carbonyl (C=O) groups is 1. The van der Waals surface area contributed by atoms with Crippen molar-refractivity contribution in [2.24, 2.45) is 0 Å². The average Bonchev–Trinajstić information content (AvgIpc) is 2.55. The molecule has 0 aromatic carbocycles. The van der Waals surface area contributed by atoms with Crippen molar-refractivity contribution in [3.05, 3.63) is 16.4 Å². The van der Waals surface area contributed by atoms with E-state index in [1.165, 1.54) is 0 Å². The molecule has 0 amide bonds. The summed E-state index contributed by atoms with van der Waals surface area (Å²) in [6, 6.07) is 0. The first-order chi connectivity index (χ1) is 7.24. The minimum atomic E-state index is -0.112. The van der Waals surface area contributed by atoms with E-state index in [2.05, 4.69) is 5.10 Å². The highest BCUT2D eigenvalue weighted by Crippen LogP contribution is 2.28. The Hall–Kier alpha value is -0.870. The van der Waals surface area contributed by atoms with E-state index in [0.717, 1.165) is 32.2 Å². The molecule has 0 N–H and O–H groups in total. The fraction of sp³-hybridized carbons (Fsp3) is 0.600. The summed E-state index contributed by atoms with van der Waals surface area (Å²) < 4.78 is 7.17. The van der Waals surface area contributed by atoms with Gasteiger partial charge in [-0.1, -0.05) is 11.6 Å². The second kappa shape index (κ2) is 4.33. The standard InChI is InChI=1S/C10H13ClN2O2/c1-7-8(6-14)10(11)13(12-7)9-4-2-3-5-15-9/h6,9H,2-5H2,1H3. The van der Waals surface area contributed by atoms with Gasteiger partial charge in [-0.3, -0.25) is 4.79 Å². The molecule has 1 aromatic rings. The molecule has 4 nitrogen and oxygen atoms in total. The molecule has 82 valence electrons. The fourth-order valence-corrected chi connectivity index (χ4v) is 2.10. The van der Waals surface area contributed by atoms with E-state index < -0.39 is 0 Å². The van der Waals surface area contributed by atoms with Gasteiger partial charge in [0.25, 0.3) is 0 Å². The van der Waals surface area contributed by atoms with Crippen LogP contribution in [0, 0.1) is 6.92 Å². The number of aryl methyl sites for hydroxylation is 1. The number of hydrogen-bond acceptors (Lipinski definition) is 3. The highest BCUT2D eigenvalue weighted by Gasteiger charge is 2.22. The van der Waals surface area contributed by atoms with Crippen LogP contribution in [0.5, 0.6) is 0 Å². The Balaban J connectivity index is 2.31. The predicted molar refractivity (Wildman–Crippen MR) is 56.2 cm³/mol. The lowest BCUT2D eigenvalue weighted by Crippen LogP contribution is -2.19. The Kier molecular flexibility index (Phi) is 3.07. The molecule has 0 saturated carbocycles. The first-order valence-electron chi connectivity index (χ1n) is 5.05. The van der Waals surface area contributed by atoms with Crippen LogP contribution in [0.25, 0.3) is 0 Å². The first-order valence-corrected chi connectivity index (χ1v) is 5.43. The van der Waals surface area contributed by atoms with Crippen LogP contribution >= 0.6 is 11.6 Å². The third-order valence-electron chi connectivity index (χ3n) is 2.62. The van der Waals surface area contributed by atoms with Gasteiger partial charge in [0.15, 0.2) is 12.5 Å². The molecule has 0 radical (unpaired) electrons. The van der Waals surface area contributed by atoms with Crippen molar-refractivity contribution in [2.45, 2.75) is 32.4 Å². The summed E-state index contributed by atoms with van der Waals surface area (Å²) in [6.07, 6.45) is 3.72. The van der Waals surface area contributed by atoms with Crippen molar-refractivity contribution in [1.29, 1.82) is 0 Å². The summed E-state index contributed by atoms with van der Waals surface area (Å²) in [4.78, 5) is 10.8. The van der Waals surface area contributed by atoms with Crippen molar-refractivity contribution >= 4 is 17.9 Å². The Labute approximate surface area is 93.2 Å². The monoisotopic (exact) mass is 228 g/mol. The summed E-state index contributed by atoms with van der Waals surface area (Å²) >= 11 is 6.05. The molecule has 15 heavy (non-hydrogen) atoms. The number of rotatable bonds is 2. The number of ether oxygens (including phenoxy) is 1. The zero-order chi connectivity index (χ0) is 10.8. The van der Waals surface area contributed by atoms with Gasteiger partial charge in [-0.2, -0.15) is 5.10 Å². The summed E-state index contributed by atoms with van der Waals surface area (Å²) in [5.74, 6) is 0. The fourth-order valence-electron chi connectivity index (χ4n) is 1.77. The van der Waals surface area contributed by atoms with Gasteiger partial charge in [0.1, 0.15) is 5.15 Å². The largest absolute Gasteiger partial charge is 0.356 e. The van der Waals surface area contributed by atoms with Crippen LogP contribution < -0.4 is 0 Å². The second-order valence-corrected chi connectivity index (χ2v) is 4.03. The van der Waals surface area contributed by atoms with Crippen LogP contribution in [-0.2, 0) is 4.74 Å². The van der Waals surface area contributed by atoms with E-state index >= 15 is 0 Å². The van der Waals surface area contributed by atoms with E-state index in [4.69, 9.17) is 16.3 Å². The summed E-state index contributed by atoms with van der Waals surface area (Å²) in [6.45, 7) is 2.51. The van der Waals surface area contributed by atoms with Crippen molar-refractivity contribution in [3.63, 3.8) is 0 Å². The molecule has 1 unspecified atom stereocenters. The van der Waals surface area contributed by atoms with Gasteiger partial charge in [0.2, 0.25) is 0 Å². The first kappa shape index (κ1) is 10.6. The van der Waals surface area contributed by atoms with Crippen molar-refractivity contribution < 1.29 is 9.53 Å². The van der Waals surface area contributed by atoms with E-state index in [9.17, 15) is 4.79 Å². The zero-order valence-corrected chi connectivity index (χ0v) is 9.33. The van der Waals surface area contributed by atoms with E-state index in [0.29, 0.717) is 16.4 Å². The normalized spacial score (nSPS) is 21.6. The minimum absolute atomic E-state index is 0.112. The minimum Gasteiger partial charge on any atom is -0.356 e. The molecular formula is C10H13ClN2O2. The Bertz CT molecular complexity index is 370. The Morgan fingerprint density at radius 2 is 2.40 bits per heavy atom. The molecule has 2 rings (SSSR count). The lowest BCUT2D eigenvalue weighted by atomic mass is 10.2. The van der Waals surface area contributed by atoms with Gasteiger partial charge in [0, 0.05) is 6.61 Å². The molecule has 1 aromatic heterocycles. The smallest absolute Gasteiger partial charge is 0.155 e. The highest BCUT2D eigenvalue weighted by atomic mass is 35.5. The van der Waals surface area contributed by atoms with Crippen LogP contribution in [0.3, 0.4) is 0 Å². The molecule has 2 heterocycles.